The van der Waals surface area contributed by atoms with Gasteiger partial charge in [0.1, 0.15) is 0 Å². The van der Waals surface area contributed by atoms with Crippen molar-refractivity contribution in [1.82, 2.24) is 0 Å². The van der Waals surface area contributed by atoms with Gasteiger partial charge in [-0.05, 0) is 31.5 Å². The zero-order chi connectivity index (χ0) is 15.0. The van der Waals surface area contributed by atoms with Crippen molar-refractivity contribution in [3.05, 3.63) is 53.1 Å². The third-order valence-electron chi connectivity index (χ3n) is 2.34. The summed E-state index contributed by atoms with van der Waals surface area (Å²) >= 11 is 5.94. The quantitative estimate of drug-likeness (QED) is 0.515. The van der Waals surface area contributed by atoms with Crippen LogP contribution in [0.1, 0.15) is 12.5 Å². The Bertz CT molecular complexity index is 550. The monoisotopic (exact) mass is 293 g/mol. The van der Waals surface area contributed by atoms with Gasteiger partial charge in [0, 0.05) is 16.8 Å². The number of rotatable bonds is 5. The number of ether oxygens (including phenoxy) is 1. The van der Waals surface area contributed by atoms with Crippen molar-refractivity contribution in [3.8, 4) is 0 Å². The van der Waals surface area contributed by atoms with Gasteiger partial charge in [-0.25, -0.2) is 4.79 Å². The van der Waals surface area contributed by atoms with Crippen molar-refractivity contribution in [2.24, 2.45) is 0 Å². The minimum atomic E-state index is -0.569. The fourth-order valence-corrected chi connectivity index (χ4v) is 1.48. The lowest BCUT2D eigenvalue weighted by atomic mass is 10.2. The molecule has 0 bridgehead atoms. The summed E-state index contributed by atoms with van der Waals surface area (Å²) in [5, 5.41) is 3.16. The van der Waals surface area contributed by atoms with Crippen LogP contribution in [0.5, 0.6) is 0 Å². The molecule has 106 valence electrons. The Hall–Kier alpha value is -2.07. The van der Waals surface area contributed by atoms with Gasteiger partial charge in [-0.2, -0.15) is 0 Å². The highest BCUT2D eigenvalue weighted by Gasteiger charge is 2.06. The Balaban J connectivity index is 2.44. The van der Waals surface area contributed by atoms with E-state index in [4.69, 9.17) is 16.3 Å². The third-order valence-corrected chi connectivity index (χ3v) is 2.74. The molecule has 5 heteroatoms. The molecule has 0 aliphatic heterocycles. The van der Waals surface area contributed by atoms with E-state index in [1.165, 1.54) is 6.08 Å². The number of amides is 1. The van der Waals surface area contributed by atoms with Crippen LogP contribution in [0.15, 0.2) is 42.5 Å². The Morgan fingerprint density at radius 3 is 2.75 bits per heavy atom. The normalized spacial score (nSPS) is 10.9. The molecule has 1 aromatic rings. The van der Waals surface area contributed by atoms with Crippen LogP contribution in [0.25, 0.3) is 0 Å². The second-order valence-electron chi connectivity index (χ2n) is 4.00. The molecule has 0 spiro atoms. The smallest absolute Gasteiger partial charge is 0.331 e. The van der Waals surface area contributed by atoms with Crippen LogP contribution in [-0.4, -0.2) is 18.5 Å². The second-order valence-corrected chi connectivity index (χ2v) is 4.41. The highest BCUT2D eigenvalue weighted by atomic mass is 35.5. The van der Waals surface area contributed by atoms with E-state index in [9.17, 15) is 9.59 Å². The lowest BCUT2D eigenvalue weighted by Gasteiger charge is -2.06. The van der Waals surface area contributed by atoms with Crippen molar-refractivity contribution in [1.29, 1.82) is 0 Å². The number of aryl methyl sites for hydroxylation is 1. The molecule has 0 saturated heterocycles. The van der Waals surface area contributed by atoms with Gasteiger partial charge in [0.05, 0.1) is 0 Å². The molecule has 0 atom stereocenters. The number of halogens is 1. The summed E-state index contributed by atoms with van der Waals surface area (Å²) in [6.07, 6.45) is 6.25. The Morgan fingerprint density at radius 1 is 1.35 bits per heavy atom. The zero-order valence-electron chi connectivity index (χ0n) is 11.4. The molecule has 0 fully saturated rings. The number of nitrogens with one attached hydrogen (secondary N) is 1. The van der Waals surface area contributed by atoms with E-state index in [1.807, 2.05) is 13.8 Å². The first-order valence-corrected chi connectivity index (χ1v) is 6.43. The van der Waals surface area contributed by atoms with Crippen molar-refractivity contribution >= 4 is 29.2 Å². The summed E-state index contributed by atoms with van der Waals surface area (Å²) < 4.78 is 4.77. The van der Waals surface area contributed by atoms with Crippen LogP contribution >= 0.6 is 11.6 Å². The minimum Gasteiger partial charge on any atom is -0.452 e. The first-order chi connectivity index (χ1) is 9.52. The minimum absolute atomic E-state index is 0.343. The van der Waals surface area contributed by atoms with Gasteiger partial charge < -0.3 is 10.1 Å². The van der Waals surface area contributed by atoms with Gasteiger partial charge in [-0.15, -0.1) is 0 Å². The molecule has 0 unspecified atom stereocenters. The summed E-state index contributed by atoms with van der Waals surface area (Å²) in [5.74, 6) is -0.988. The van der Waals surface area contributed by atoms with Crippen molar-refractivity contribution in [3.63, 3.8) is 0 Å². The zero-order valence-corrected chi connectivity index (χ0v) is 12.1. The lowest BCUT2D eigenvalue weighted by Crippen LogP contribution is -2.20. The van der Waals surface area contributed by atoms with Crippen LogP contribution < -0.4 is 5.32 Å². The van der Waals surface area contributed by atoms with Gasteiger partial charge in [0.2, 0.25) is 0 Å². The molecule has 0 aromatic heterocycles. The number of esters is 1. The predicted octanol–water partition coefficient (Wildman–Crippen LogP) is 3.26. The first-order valence-electron chi connectivity index (χ1n) is 6.05. The van der Waals surface area contributed by atoms with Gasteiger partial charge in [0.15, 0.2) is 6.61 Å². The van der Waals surface area contributed by atoms with E-state index < -0.39 is 11.9 Å². The van der Waals surface area contributed by atoms with Crippen molar-refractivity contribution in [2.45, 2.75) is 13.8 Å². The topological polar surface area (TPSA) is 55.4 Å². The number of hydrogen-bond acceptors (Lipinski definition) is 3. The molecular formula is C15H16ClNO3. The van der Waals surface area contributed by atoms with Crippen molar-refractivity contribution in [2.75, 3.05) is 11.9 Å². The number of carbonyl (C=O) groups is 2. The standard InChI is InChI=1S/C15H16ClNO3/c1-3-4-5-6-15(19)20-10-14(18)17-12-8-7-11(2)13(16)9-12/h3-9H,10H2,1-2H3,(H,17,18)/b4-3+,6-5+. The molecule has 0 radical (unpaired) electrons. The molecule has 1 rings (SSSR count). The van der Waals surface area contributed by atoms with Gasteiger partial charge in [-0.1, -0.05) is 35.9 Å². The molecule has 0 aliphatic carbocycles. The number of anilines is 1. The van der Waals surface area contributed by atoms with Gasteiger partial charge in [-0.3, -0.25) is 4.79 Å². The first kappa shape index (κ1) is 16.0. The van der Waals surface area contributed by atoms with E-state index in [2.05, 4.69) is 5.32 Å². The molecule has 20 heavy (non-hydrogen) atoms. The maximum atomic E-state index is 11.6. The molecule has 1 N–H and O–H groups in total. The van der Waals surface area contributed by atoms with Crippen molar-refractivity contribution < 1.29 is 14.3 Å². The SMILES string of the molecule is C/C=C/C=C/C(=O)OCC(=O)Nc1ccc(C)c(Cl)c1. The summed E-state index contributed by atoms with van der Waals surface area (Å²) in [6.45, 7) is 3.35. The highest BCUT2D eigenvalue weighted by molar-refractivity contribution is 6.31. The fraction of sp³-hybridized carbons (Fsp3) is 0.200. The third kappa shape index (κ3) is 5.71. The Kier molecular flexibility index (Phi) is 6.53. The molecule has 0 aliphatic rings. The van der Waals surface area contributed by atoms with Gasteiger partial charge >= 0.3 is 5.97 Å². The van der Waals surface area contributed by atoms with E-state index >= 15 is 0 Å². The molecule has 0 saturated carbocycles. The highest BCUT2D eigenvalue weighted by Crippen LogP contribution is 2.19. The maximum Gasteiger partial charge on any atom is 0.331 e. The Labute approximate surface area is 123 Å². The molecular weight excluding hydrogens is 278 g/mol. The van der Waals surface area contributed by atoms with Gasteiger partial charge in [0.25, 0.3) is 5.91 Å². The summed E-state index contributed by atoms with van der Waals surface area (Å²) in [6, 6.07) is 5.17. The van der Waals surface area contributed by atoms with E-state index in [0.29, 0.717) is 10.7 Å². The predicted molar refractivity (Wildman–Crippen MR) is 79.7 cm³/mol. The lowest BCUT2D eigenvalue weighted by molar-refractivity contribution is -0.142. The number of carbonyl (C=O) groups excluding carboxylic acids is 2. The van der Waals surface area contributed by atoms with E-state index in [1.54, 1.807) is 36.4 Å². The number of hydrogen-bond donors (Lipinski definition) is 1. The summed E-state index contributed by atoms with van der Waals surface area (Å²) in [5.41, 5.74) is 1.48. The maximum absolute atomic E-state index is 11.6. The van der Waals surface area contributed by atoms with Crippen LogP contribution in [0, 0.1) is 6.92 Å². The molecule has 1 aromatic carbocycles. The Morgan fingerprint density at radius 2 is 2.10 bits per heavy atom. The molecule has 0 heterocycles. The van der Waals surface area contributed by atoms with E-state index in [0.717, 1.165) is 5.56 Å². The number of benzene rings is 1. The fourth-order valence-electron chi connectivity index (χ4n) is 1.30. The van der Waals surface area contributed by atoms with Crippen LogP contribution in [0.3, 0.4) is 0 Å². The summed E-state index contributed by atoms with van der Waals surface area (Å²) in [4.78, 5) is 22.8. The average Bonchev–Trinajstić information content (AvgIpc) is 2.41. The van der Waals surface area contributed by atoms with Crippen LogP contribution in [-0.2, 0) is 14.3 Å². The summed E-state index contributed by atoms with van der Waals surface area (Å²) in [7, 11) is 0. The largest absolute Gasteiger partial charge is 0.452 e. The van der Waals surface area contributed by atoms with Crippen LogP contribution in [0.4, 0.5) is 5.69 Å². The molecule has 4 nitrogen and oxygen atoms in total. The average molecular weight is 294 g/mol. The molecule has 1 amide bonds. The van der Waals surface area contributed by atoms with E-state index in [-0.39, 0.29) is 6.61 Å². The van der Waals surface area contributed by atoms with Crippen LogP contribution in [0.2, 0.25) is 5.02 Å². The second kappa shape index (κ2) is 8.17. The number of allylic oxidation sites excluding steroid dienone is 3.